The van der Waals surface area contributed by atoms with Gasteiger partial charge in [0.05, 0.1) is 3.57 Å². The molecule has 14 heavy (non-hydrogen) atoms. The van der Waals surface area contributed by atoms with E-state index in [9.17, 15) is 0 Å². The van der Waals surface area contributed by atoms with Crippen molar-refractivity contribution < 1.29 is 0 Å². The van der Waals surface area contributed by atoms with Crippen LogP contribution in [0.1, 0.15) is 0 Å². The van der Waals surface area contributed by atoms with Crippen molar-refractivity contribution in [2.24, 2.45) is 0 Å². The Balaban J connectivity index is 2.24. The summed E-state index contributed by atoms with van der Waals surface area (Å²) in [6, 6.07) is 14.0. The van der Waals surface area contributed by atoms with E-state index >= 15 is 0 Å². The van der Waals surface area contributed by atoms with E-state index in [0.29, 0.717) is 0 Å². The van der Waals surface area contributed by atoms with Gasteiger partial charge < -0.3 is 5.32 Å². The van der Waals surface area contributed by atoms with Gasteiger partial charge in [-0.25, -0.2) is 4.98 Å². The zero-order valence-electron chi connectivity index (χ0n) is 7.44. The number of pyridine rings is 1. The molecule has 1 aromatic heterocycles. The van der Waals surface area contributed by atoms with Crippen LogP contribution in [0.3, 0.4) is 0 Å². The molecule has 0 aliphatic carbocycles. The van der Waals surface area contributed by atoms with Crippen molar-refractivity contribution >= 4 is 34.1 Å². The van der Waals surface area contributed by atoms with E-state index in [2.05, 4.69) is 32.9 Å². The molecule has 70 valence electrons. The molecule has 0 aliphatic heterocycles. The van der Waals surface area contributed by atoms with Crippen LogP contribution in [-0.2, 0) is 0 Å². The molecule has 0 unspecified atom stereocenters. The van der Waals surface area contributed by atoms with E-state index in [4.69, 9.17) is 0 Å². The molecule has 0 atom stereocenters. The highest BCUT2D eigenvalue weighted by molar-refractivity contribution is 14.1. The van der Waals surface area contributed by atoms with Crippen LogP contribution in [0, 0.1) is 3.57 Å². The first-order valence-electron chi connectivity index (χ1n) is 4.29. The number of halogens is 1. The van der Waals surface area contributed by atoms with E-state index in [0.717, 1.165) is 15.1 Å². The summed E-state index contributed by atoms with van der Waals surface area (Å²) in [5.41, 5.74) is 1.06. The number of para-hydroxylation sites is 1. The smallest absolute Gasteiger partial charge is 0.143 e. The number of anilines is 2. The average molecular weight is 296 g/mol. The summed E-state index contributed by atoms with van der Waals surface area (Å²) in [6.07, 6.45) is 1.79. The zero-order valence-corrected chi connectivity index (χ0v) is 9.60. The SMILES string of the molecule is Ic1cccnc1Nc1ccccc1. The zero-order chi connectivity index (χ0) is 9.80. The Bertz CT molecular complexity index is 415. The molecule has 2 rings (SSSR count). The Morgan fingerprint density at radius 3 is 2.50 bits per heavy atom. The predicted octanol–water partition coefficient (Wildman–Crippen LogP) is 3.43. The monoisotopic (exact) mass is 296 g/mol. The Labute approximate surface area is 96.5 Å². The number of nitrogens with zero attached hydrogens (tertiary/aromatic N) is 1. The number of hydrogen-bond donors (Lipinski definition) is 1. The minimum atomic E-state index is 0.902. The highest BCUT2D eigenvalue weighted by Gasteiger charge is 1.98. The maximum absolute atomic E-state index is 4.25. The summed E-state index contributed by atoms with van der Waals surface area (Å²) in [7, 11) is 0. The largest absolute Gasteiger partial charge is 0.339 e. The lowest BCUT2D eigenvalue weighted by Gasteiger charge is -2.06. The van der Waals surface area contributed by atoms with Gasteiger partial charge in [-0.05, 0) is 46.9 Å². The molecular weight excluding hydrogens is 287 g/mol. The molecule has 0 saturated carbocycles. The fourth-order valence-electron chi connectivity index (χ4n) is 1.14. The van der Waals surface area contributed by atoms with Gasteiger partial charge in [-0.2, -0.15) is 0 Å². The number of hydrogen-bond acceptors (Lipinski definition) is 2. The minimum absolute atomic E-state index is 0.902. The van der Waals surface area contributed by atoms with Crippen molar-refractivity contribution in [1.29, 1.82) is 0 Å². The Morgan fingerprint density at radius 1 is 1.00 bits per heavy atom. The second-order valence-corrected chi connectivity index (χ2v) is 3.99. The number of benzene rings is 1. The highest BCUT2D eigenvalue weighted by Crippen LogP contribution is 2.18. The van der Waals surface area contributed by atoms with E-state index < -0.39 is 0 Å². The standard InChI is InChI=1S/C11H9IN2/c12-10-7-4-8-13-11(10)14-9-5-2-1-3-6-9/h1-8H,(H,13,14). The van der Waals surface area contributed by atoms with Crippen molar-refractivity contribution in [1.82, 2.24) is 4.98 Å². The summed E-state index contributed by atoms with van der Waals surface area (Å²) < 4.78 is 1.12. The molecule has 0 saturated heterocycles. The Hall–Kier alpha value is -1.10. The van der Waals surface area contributed by atoms with E-state index in [1.54, 1.807) is 6.20 Å². The molecule has 0 aliphatic rings. The maximum atomic E-state index is 4.25. The van der Waals surface area contributed by atoms with Crippen LogP contribution in [0.4, 0.5) is 11.5 Å². The molecule has 0 radical (unpaired) electrons. The predicted molar refractivity (Wildman–Crippen MR) is 66.7 cm³/mol. The van der Waals surface area contributed by atoms with Gasteiger partial charge in [-0.3, -0.25) is 0 Å². The summed E-state index contributed by atoms with van der Waals surface area (Å²) in [5, 5.41) is 3.25. The molecule has 0 fully saturated rings. The van der Waals surface area contributed by atoms with Gasteiger partial charge in [0.1, 0.15) is 5.82 Å². The topological polar surface area (TPSA) is 24.9 Å². The van der Waals surface area contributed by atoms with Crippen LogP contribution in [0.15, 0.2) is 48.7 Å². The van der Waals surface area contributed by atoms with Crippen molar-refractivity contribution in [3.05, 3.63) is 52.2 Å². The molecule has 3 heteroatoms. The van der Waals surface area contributed by atoms with E-state index in [1.165, 1.54) is 0 Å². The highest BCUT2D eigenvalue weighted by atomic mass is 127. The fourth-order valence-corrected chi connectivity index (χ4v) is 1.62. The summed E-state index contributed by atoms with van der Waals surface area (Å²) >= 11 is 2.26. The molecule has 2 aromatic rings. The van der Waals surface area contributed by atoms with Crippen LogP contribution >= 0.6 is 22.6 Å². The first kappa shape index (κ1) is 9.45. The molecular formula is C11H9IN2. The lowest BCUT2D eigenvalue weighted by atomic mass is 10.3. The van der Waals surface area contributed by atoms with Gasteiger partial charge in [0, 0.05) is 11.9 Å². The molecule has 1 N–H and O–H groups in total. The van der Waals surface area contributed by atoms with Crippen molar-refractivity contribution in [2.45, 2.75) is 0 Å². The second-order valence-electron chi connectivity index (χ2n) is 2.82. The van der Waals surface area contributed by atoms with Gasteiger partial charge in [-0.1, -0.05) is 18.2 Å². The first-order valence-corrected chi connectivity index (χ1v) is 5.37. The molecule has 0 bridgehead atoms. The summed E-state index contributed by atoms with van der Waals surface area (Å²) in [4.78, 5) is 4.25. The minimum Gasteiger partial charge on any atom is -0.339 e. The Morgan fingerprint density at radius 2 is 1.79 bits per heavy atom. The summed E-state index contributed by atoms with van der Waals surface area (Å²) in [5.74, 6) is 0.902. The van der Waals surface area contributed by atoms with Crippen LogP contribution in [-0.4, -0.2) is 4.98 Å². The van der Waals surface area contributed by atoms with Crippen molar-refractivity contribution in [2.75, 3.05) is 5.32 Å². The molecule has 2 nitrogen and oxygen atoms in total. The first-order chi connectivity index (χ1) is 6.86. The number of rotatable bonds is 2. The van der Waals surface area contributed by atoms with E-state index in [-0.39, 0.29) is 0 Å². The van der Waals surface area contributed by atoms with Gasteiger partial charge in [0.25, 0.3) is 0 Å². The lowest BCUT2D eigenvalue weighted by Crippen LogP contribution is -1.94. The van der Waals surface area contributed by atoms with Crippen LogP contribution in [0.5, 0.6) is 0 Å². The third kappa shape index (κ3) is 2.23. The number of nitrogens with one attached hydrogen (secondary N) is 1. The number of aromatic nitrogens is 1. The van der Waals surface area contributed by atoms with Gasteiger partial charge in [0.2, 0.25) is 0 Å². The quantitative estimate of drug-likeness (QED) is 0.859. The van der Waals surface area contributed by atoms with Gasteiger partial charge in [-0.15, -0.1) is 0 Å². The second kappa shape index (κ2) is 4.41. The van der Waals surface area contributed by atoms with Crippen molar-refractivity contribution in [3.8, 4) is 0 Å². The lowest BCUT2D eigenvalue weighted by molar-refractivity contribution is 1.29. The summed E-state index contributed by atoms with van der Waals surface area (Å²) in [6.45, 7) is 0. The Kier molecular flexibility index (Phi) is 2.98. The maximum Gasteiger partial charge on any atom is 0.143 e. The van der Waals surface area contributed by atoms with Crippen LogP contribution in [0.2, 0.25) is 0 Å². The average Bonchev–Trinajstić information content (AvgIpc) is 2.23. The van der Waals surface area contributed by atoms with Gasteiger partial charge in [0.15, 0.2) is 0 Å². The molecule has 0 spiro atoms. The molecule has 1 aromatic carbocycles. The third-order valence-corrected chi connectivity index (χ3v) is 2.67. The third-order valence-electron chi connectivity index (χ3n) is 1.80. The van der Waals surface area contributed by atoms with Crippen LogP contribution in [0.25, 0.3) is 0 Å². The van der Waals surface area contributed by atoms with Crippen molar-refractivity contribution in [3.63, 3.8) is 0 Å². The molecule has 0 amide bonds. The normalized spacial score (nSPS) is 9.79. The molecule has 1 heterocycles. The van der Waals surface area contributed by atoms with Crippen LogP contribution < -0.4 is 5.32 Å². The van der Waals surface area contributed by atoms with E-state index in [1.807, 2.05) is 42.5 Å². The fraction of sp³-hybridized carbons (Fsp3) is 0. The van der Waals surface area contributed by atoms with Gasteiger partial charge >= 0.3 is 0 Å².